The summed E-state index contributed by atoms with van der Waals surface area (Å²) in [5.41, 5.74) is 11.5. The summed E-state index contributed by atoms with van der Waals surface area (Å²) in [5.74, 6) is 0. The third kappa shape index (κ3) is 3.86. The number of benzene rings is 6. The molecule has 0 amide bonds. The molecule has 6 aromatic carbocycles. The predicted molar refractivity (Wildman–Crippen MR) is 179 cm³/mol. The van der Waals surface area contributed by atoms with E-state index in [-0.39, 0.29) is 12.0 Å². The van der Waals surface area contributed by atoms with Gasteiger partial charge in [-0.2, -0.15) is 0 Å². The summed E-state index contributed by atoms with van der Waals surface area (Å²) in [4.78, 5) is 2.38. The Morgan fingerprint density at radius 1 is 0.651 bits per heavy atom. The van der Waals surface area contributed by atoms with Gasteiger partial charge >= 0.3 is 0 Å². The molecule has 3 nitrogen and oxygen atoms in total. The lowest BCUT2D eigenvalue weighted by molar-refractivity contribution is 0.282. The highest BCUT2D eigenvalue weighted by Crippen LogP contribution is 2.54. The summed E-state index contributed by atoms with van der Waals surface area (Å²) >= 11 is 0. The number of fused-ring (bicyclic) bond motifs is 6. The van der Waals surface area contributed by atoms with Gasteiger partial charge in [0.1, 0.15) is 0 Å². The summed E-state index contributed by atoms with van der Waals surface area (Å²) in [6.07, 6.45) is 0. The SMILES string of the molecule is CC1(C)c2ccccc2-c2c1c1cc(N(c3ccccc3)c3cccc4ccccc34)ccc1n2-c1cccc(CO)c1. The van der Waals surface area contributed by atoms with Gasteiger partial charge in [-0.05, 0) is 70.6 Å². The number of aliphatic hydroxyl groups excluding tert-OH is 1. The molecule has 1 aliphatic carbocycles. The highest BCUT2D eigenvalue weighted by atomic mass is 16.3. The van der Waals surface area contributed by atoms with Gasteiger partial charge in [0.2, 0.25) is 0 Å². The molecule has 0 fully saturated rings. The summed E-state index contributed by atoms with van der Waals surface area (Å²) in [6, 6.07) is 49.8. The monoisotopic (exact) mass is 556 g/mol. The first-order valence-electron chi connectivity index (χ1n) is 14.9. The van der Waals surface area contributed by atoms with Crippen LogP contribution in [0.2, 0.25) is 0 Å². The molecule has 0 bridgehead atoms. The fourth-order valence-electron chi connectivity index (χ4n) is 7.14. The van der Waals surface area contributed by atoms with E-state index in [1.165, 1.54) is 38.5 Å². The average molecular weight is 557 g/mol. The largest absolute Gasteiger partial charge is 0.392 e. The Morgan fingerprint density at radius 2 is 1.40 bits per heavy atom. The van der Waals surface area contributed by atoms with Gasteiger partial charge in [-0.3, -0.25) is 0 Å². The molecule has 7 aromatic rings. The lowest BCUT2D eigenvalue weighted by atomic mass is 9.81. The van der Waals surface area contributed by atoms with Crippen molar-refractivity contribution >= 4 is 38.7 Å². The molecule has 0 spiro atoms. The van der Waals surface area contributed by atoms with Crippen molar-refractivity contribution in [2.24, 2.45) is 0 Å². The highest BCUT2D eigenvalue weighted by Gasteiger charge is 2.40. The van der Waals surface area contributed by atoms with Crippen molar-refractivity contribution in [3.05, 3.63) is 156 Å². The second-order valence-corrected chi connectivity index (χ2v) is 11.9. The molecule has 0 aliphatic heterocycles. The first-order chi connectivity index (χ1) is 21.1. The highest BCUT2D eigenvalue weighted by molar-refractivity contribution is 6.03. The van der Waals surface area contributed by atoms with E-state index < -0.39 is 0 Å². The van der Waals surface area contributed by atoms with Crippen molar-refractivity contribution in [1.29, 1.82) is 0 Å². The second-order valence-electron chi connectivity index (χ2n) is 11.9. The lowest BCUT2D eigenvalue weighted by Gasteiger charge is -2.27. The molecule has 3 heteroatoms. The molecule has 0 unspecified atom stereocenters. The Bertz CT molecular complexity index is 2150. The van der Waals surface area contributed by atoms with Gasteiger partial charge < -0.3 is 14.6 Å². The first-order valence-corrected chi connectivity index (χ1v) is 14.9. The van der Waals surface area contributed by atoms with Crippen molar-refractivity contribution in [2.75, 3.05) is 4.90 Å². The summed E-state index contributed by atoms with van der Waals surface area (Å²) in [6.45, 7) is 4.70. The Labute approximate surface area is 251 Å². The maximum absolute atomic E-state index is 9.98. The van der Waals surface area contributed by atoms with Gasteiger partial charge in [-0.25, -0.2) is 0 Å². The number of rotatable bonds is 5. The number of nitrogens with zero attached hydrogens (tertiary/aromatic N) is 2. The Hall–Kier alpha value is -5.12. The standard InChI is InChI=1S/C40H32N2O/c1-40(2)35-20-9-8-19-33(35)39-38(40)34-25-31(22-23-37(34)42(39)30-17-10-12-27(24-30)26-43)41(29-15-4-3-5-16-29)36-21-11-14-28-13-6-7-18-32(28)36/h3-25,43H,26H2,1-2H3. The molecule has 1 aromatic heterocycles. The van der Waals surface area contributed by atoms with Crippen molar-refractivity contribution in [3.63, 3.8) is 0 Å². The van der Waals surface area contributed by atoms with E-state index in [1.54, 1.807) is 0 Å². The van der Waals surface area contributed by atoms with Crippen molar-refractivity contribution < 1.29 is 5.11 Å². The van der Waals surface area contributed by atoms with E-state index in [0.29, 0.717) is 0 Å². The molecule has 1 N–H and O–H groups in total. The molecule has 43 heavy (non-hydrogen) atoms. The number of aliphatic hydroxyl groups is 1. The topological polar surface area (TPSA) is 28.4 Å². The van der Waals surface area contributed by atoms with Crippen LogP contribution in [-0.4, -0.2) is 9.67 Å². The van der Waals surface area contributed by atoms with Crippen LogP contribution in [0.4, 0.5) is 17.1 Å². The first kappa shape index (κ1) is 25.6. The van der Waals surface area contributed by atoms with E-state index in [4.69, 9.17) is 0 Å². The number of hydrogen-bond acceptors (Lipinski definition) is 2. The smallest absolute Gasteiger partial charge is 0.0682 e. The van der Waals surface area contributed by atoms with Gasteiger partial charge in [0, 0.05) is 38.8 Å². The molecular weight excluding hydrogens is 524 g/mol. The fourth-order valence-corrected chi connectivity index (χ4v) is 7.14. The molecule has 208 valence electrons. The maximum Gasteiger partial charge on any atom is 0.0682 e. The number of anilines is 3. The van der Waals surface area contributed by atoms with Gasteiger partial charge in [0.15, 0.2) is 0 Å². The van der Waals surface area contributed by atoms with Gasteiger partial charge in [-0.1, -0.05) is 105 Å². The zero-order valence-corrected chi connectivity index (χ0v) is 24.3. The molecular formula is C40H32N2O. The Balaban J connectivity index is 1.45. The summed E-state index contributed by atoms with van der Waals surface area (Å²) in [7, 11) is 0. The minimum Gasteiger partial charge on any atom is -0.392 e. The average Bonchev–Trinajstić information content (AvgIpc) is 3.52. The molecule has 0 saturated carbocycles. The second kappa shape index (κ2) is 9.72. The van der Waals surface area contributed by atoms with E-state index in [2.05, 4.69) is 151 Å². The van der Waals surface area contributed by atoms with Crippen LogP contribution in [0.1, 0.15) is 30.5 Å². The molecule has 8 rings (SSSR count). The van der Waals surface area contributed by atoms with Crippen LogP contribution < -0.4 is 4.90 Å². The Kier molecular flexibility index (Phi) is 5.78. The number of para-hydroxylation sites is 1. The third-order valence-electron chi connectivity index (χ3n) is 9.06. The van der Waals surface area contributed by atoms with Gasteiger partial charge in [0.25, 0.3) is 0 Å². The minimum atomic E-state index is -0.181. The summed E-state index contributed by atoms with van der Waals surface area (Å²) < 4.78 is 2.39. The quantitative estimate of drug-likeness (QED) is 0.228. The normalized spacial score (nSPS) is 13.3. The Morgan fingerprint density at radius 3 is 2.26 bits per heavy atom. The van der Waals surface area contributed by atoms with Gasteiger partial charge in [-0.15, -0.1) is 0 Å². The van der Waals surface area contributed by atoms with Crippen LogP contribution in [-0.2, 0) is 12.0 Å². The van der Waals surface area contributed by atoms with E-state index >= 15 is 0 Å². The number of hydrogen-bond donors (Lipinski definition) is 1. The molecule has 0 saturated heterocycles. The zero-order valence-electron chi connectivity index (χ0n) is 24.3. The maximum atomic E-state index is 9.98. The van der Waals surface area contributed by atoms with Crippen LogP contribution in [0.15, 0.2) is 140 Å². The number of aromatic nitrogens is 1. The zero-order chi connectivity index (χ0) is 29.1. The van der Waals surface area contributed by atoms with Crippen LogP contribution in [0.5, 0.6) is 0 Å². The fraction of sp³-hybridized carbons (Fsp3) is 0.100. The van der Waals surface area contributed by atoms with Crippen LogP contribution in [0.3, 0.4) is 0 Å². The summed E-state index contributed by atoms with van der Waals surface area (Å²) in [5, 5.41) is 13.7. The van der Waals surface area contributed by atoms with E-state index in [9.17, 15) is 5.11 Å². The predicted octanol–water partition coefficient (Wildman–Crippen LogP) is 10.1. The van der Waals surface area contributed by atoms with E-state index in [0.717, 1.165) is 33.8 Å². The van der Waals surface area contributed by atoms with Crippen molar-refractivity contribution in [2.45, 2.75) is 25.9 Å². The molecule has 1 heterocycles. The molecule has 0 radical (unpaired) electrons. The molecule has 1 aliphatic rings. The van der Waals surface area contributed by atoms with E-state index in [1.807, 2.05) is 12.1 Å². The van der Waals surface area contributed by atoms with Crippen LogP contribution >= 0.6 is 0 Å². The molecule has 0 atom stereocenters. The minimum absolute atomic E-state index is 0.0124. The van der Waals surface area contributed by atoms with Crippen molar-refractivity contribution in [1.82, 2.24) is 4.57 Å². The van der Waals surface area contributed by atoms with Crippen LogP contribution in [0, 0.1) is 0 Å². The van der Waals surface area contributed by atoms with Crippen LogP contribution in [0.25, 0.3) is 38.6 Å². The van der Waals surface area contributed by atoms with Crippen molar-refractivity contribution in [3.8, 4) is 16.9 Å². The van der Waals surface area contributed by atoms with Gasteiger partial charge in [0.05, 0.1) is 23.5 Å². The third-order valence-corrected chi connectivity index (χ3v) is 9.06. The lowest BCUT2D eigenvalue weighted by Crippen LogP contribution is -2.15.